The normalized spacial score (nSPS) is 20.8. The van der Waals surface area contributed by atoms with Gasteiger partial charge in [0.1, 0.15) is 5.69 Å². The molecule has 2 aromatic rings. The van der Waals surface area contributed by atoms with Crippen LogP contribution in [-0.2, 0) is 0 Å². The maximum absolute atomic E-state index is 12.5. The summed E-state index contributed by atoms with van der Waals surface area (Å²) in [6, 6.07) is 12.7. The molecular formula is C19H24N4O. The molecule has 1 aliphatic carbocycles. The molecule has 1 saturated heterocycles. The molecule has 1 amide bonds. The Morgan fingerprint density at radius 3 is 2.75 bits per heavy atom. The number of benzene rings is 1. The summed E-state index contributed by atoms with van der Waals surface area (Å²) in [7, 11) is 0. The fourth-order valence-corrected chi connectivity index (χ4v) is 3.62. The number of aromatic nitrogens is 2. The van der Waals surface area contributed by atoms with Crippen LogP contribution in [-0.4, -0.2) is 35.3 Å². The quantitative estimate of drug-likeness (QED) is 0.920. The lowest BCUT2D eigenvalue weighted by Gasteiger charge is -2.27. The van der Waals surface area contributed by atoms with Gasteiger partial charge in [-0.2, -0.15) is 5.10 Å². The first kappa shape index (κ1) is 15.2. The van der Waals surface area contributed by atoms with Gasteiger partial charge in [-0.25, -0.2) is 0 Å². The molecule has 0 spiro atoms. The maximum atomic E-state index is 12.5. The first-order valence-corrected chi connectivity index (χ1v) is 8.93. The molecule has 5 heteroatoms. The summed E-state index contributed by atoms with van der Waals surface area (Å²) < 4.78 is 1.91. The van der Waals surface area contributed by atoms with E-state index in [1.165, 1.54) is 12.1 Å². The number of para-hydroxylation sites is 1. The molecule has 1 aromatic carbocycles. The predicted molar refractivity (Wildman–Crippen MR) is 94.2 cm³/mol. The van der Waals surface area contributed by atoms with Crippen molar-refractivity contribution in [1.82, 2.24) is 15.1 Å². The molecule has 2 heterocycles. The predicted octanol–water partition coefficient (Wildman–Crippen LogP) is 2.86. The minimum atomic E-state index is 0.0116. The molecule has 2 aliphatic rings. The summed E-state index contributed by atoms with van der Waals surface area (Å²) in [5.41, 5.74) is 1.98. The number of anilines is 1. The van der Waals surface area contributed by atoms with Gasteiger partial charge in [0.15, 0.2) is 0 Å². The van der Waals surface area contributed by atoms with Crippen LogP contribution < -0.4 is 10.2 Å². The van der Waals surface area contributed by atoms with Crippen molar-refractivity contribution < 1.29 is 4.79 Å². The second-order valence-corrected chi connectivity index (χ2v) is 6.89. The Morgan fingerprint density at radius 2 is 2.00 bits per heavy atom. The number of carbonyl (C=O) groups is 1. The van der Waals surface area contributed by atoms with Gasteiger partial charge in [-0.1, -0.05) is 18.2 Å². The average molecular weight is 324 g/mol. The highest BCUT2D eigenvalue weighted by Crippen LogP contribution is 2.31. The van der Waals surface area contributed by atoms with E-state index in [2.05, 4.69) is 39.6 Å². The fraction of sp³-hybridized carbons (Fsp3) is 0.474. The summed E-state index contributed by atoms with van der Waals surface area (Å²) in [6.07, 6.45) is 6.37. The molecule has 2 fully saturated rings. The molecule has 4 rings (SSSR count). The lowest BCUT2D eigenvalue weighted by Crippen LogP contribution is -2.33. The molecule has 5 nitrogen and oxygen atoms in total. The van der Waals surface area contributed by atoms with E-state index in [9.17, 15) is 4.79 Å². The maximum Gasteiger partial charge on any atom is 0.269 e. The van der Waals surface area contributed by atoms with Crippen molar-refractivity contribution in [2.45, 2.75) is 31.7 Å². The zero-order valence-electron chi connectivity index (χ0n) is 13.9. The third kappa shape index (κ3) is 3.03. The molecule has 1 saturated carbocycles. The zero-order chi connectivity index (χ0) is 16.4. The van der Waals surface area contributed by atoms with Crippen molar-refractivity contribution in [3.63, 3.8) is 0 Å². The molecule has 1 aliphatic heterocycles. The largest absolute Gasteiger partial charge is 0.371 e. The van der Waals surface area contributed by atoms with Gasteiger partial charge in [-0.3, -0.25) is 9.48 Å². The molecule has 0 radical (unpaired) electrons. The number of rotatable bonds is 5. The minimum Gasteiger partial charge on any atom is -0.371 e. The number of nitrogens with zero attached hydrogens (tertiary/aromatic N) is 3. The van der Waals surface area contributed by atoms with E-state index in [4.69, 9.17) is 0 Å². The van der Waals surface area contributed by atoms with Gasteiger partial charge < -0.3 is 10.2 Å². The first-order chi connectivity index (χ1) is 11.8. The number of amides is 1. The van der Waals surface area contributed by atoms with Crippen LogP contribution in [0.25, 0.3) is 0 Å². The third-order valence-electron chi connectivity index (χ3n) is 5.28. The van der Waals surface area contributed by atoms with Gasteiger partial charge in [0.2, 0.25) is 0 Å². The van der Waals surface area contributed by atoms with E-state index in [0.29, 0.717) is 17.7 Å². The van der Waals surface area contributed by atoms with Crippen molar-refractivity contribution in [2.24, 2.45) is 5.92 Å². The summed E-state index contributed by atoms with van der Waals surface area (Å²) in [5.74, 6) is 0.520. The highest BCUT2D eigenvalue weighted by molar-refractivity contribution is 5.92. The molecule has 1 N–H and O–H groups in total. The molecular weight excluding hydrogens is 300 g/mol. The lowest BCUT2D eigenvalue weighted by atomic mass is 9.93. The van der Waals surface area contributed by atoms with Crippen LogP contribution in [0.5, 0.6) is 0 Å². The van der Waals surface area contributed by atoms with Crippen molar-refractivity contribution in [3.8, 4) is 0 Å². The Kier molecular flexibility index (Phi) is 4.24. The Morgan fingerprint density at radius 1 is 1.17 bits per heavy atom. The SMILES string of the molecule is O=C(NCC1CCN(c2ccccc2)C1)c1ccnn1C1CCC1. The van der Waals surface area contributed by atoms with Gasteiger partial charge in [-0.05, 0) is 49.8 Å². The van der Waals surface area contributed by atoms with Gasteiger partial charge in [0, 0.05) is 31.5 Å². The van der Waals surface area contributed by atoms with Gasteiger partial charge in [-0.15, -0.1) is 0 Å². The van der Waals surface area contributed by atoms with E-state index in [1.807, 2.05) is 16.8 Å². The second kappa shape index (κ2) is 6.67. The standard InChI is InChI=1S/C19H24N4O/c24-19(18-9-11-21-23(18)17-7-4-8-17)20-13-15-10-12-22(14-15)16-5-2-1-3-6-16/h1-3,5-6,9,11,15,17H,4,7-8,10,12-14H2,(H,20,24). The first-order valence-electron chi connectivity index (χ1n) is 8.93. The van der Waals surface area contributed by atoms with E-state index in [-0.39, 0.29) is 5.91 Å². The van der Waals surface area contributed by atoms with Crippen LogP contribution >= 0.6 is 0 Å². The molecule has 0 bridgehead atoms. The van der Waals surface area contributed by atoms with Crippen molar-refractivity contribution >= 4 is 11.6 Å². The van der Waals surface area contributed by atoms with Crippen LogP contribution in [0.15, 0.2) is 42.6 Å². The van der Waals surface area contributed by atoms with Crippen molar-refractivity contribution in [3.05, 3.63) is 48.3 Å². The Balaban J connectivity index is 1.31. The molecule has 1 aromatic heterocycles. The summed E-state index contributed by atoms with van der Waals surface area (Å²) in [4.78, 5) is 14.9. The van der Waals surface area contributed by atoms with E-state index >= 15 is 0 Å². The monoisotopic (exact) mass is 324 g/mol. The third-order valence-corrected chi connectivity index (χ3v) is 5.28. The van der Waals surface area contributed by atoms with E-state index in [1.54, 1.807) is 6.20 Å². The highest BCUT2D eigenvalue weighted by atomic mass is 16.2. The molecule has 126 valence electrons. The van der Waals surface area contributed by atoms with Crippen LogP contribution in [0, 0.1) is 5.92 Å². The Bertz CT molecular complexity index is 692. The average Bonchev–Trinajstić information content (AvgIpc) is 3.21. The van der Waals surface area contributed by atoms with Gasteiger partial charge >= 0.3 is 0 Å². The number of hydrogen-bond donors (Lipinski definition) is 1. The number of hydrogen-bond acceptors (Lipinski definition) is 3. The molecule has 24 heavy (non-hydrogen) atoms. The van der Waals surface area contributed by atoms with E-state index < -0.39 is 0 Å². The Labute approximate surface area is 142 Å². The smallest absolute Gasteiger partial charge is 0.269 e. The fourth-order valence-electron chi connectivity index (χ4n) is 3.62. The number of carbonyl (C=O) groups excluding carboxylic acids is 1. The Hall–Kier alpha value is -2.30. The number of nitrogens with one attached hydrogen (secondary N) is 1. The minimum absolute atomic E-state index is 0.0116. The molecule has 1 atom stereocenters. The van der Waals surface area contributed by atoms with Crippen LogP contribution in [0.3, 0.4) is 0 Å². The van der Waals surface area contributed by atoms with Crippen LogP contribution in [0.4, 0.5) is 5.69 Å². The van der Waals surface area contributed by atoms with Crippen molar-refractivity contribution in [2.75, 3.05) is 24.5 Å². The summed E-state index contributed by atoms with van der Waals surface area (Å²) in [6.45, 7) is 2.80. The van der Waals surface area contributed by atoms with E-state index in [0.717, 1.165) is 38.9 Å². The summed E-state index contributed by atoms with van der Waals surface area (Å²) in [5, 5.41) is 7.45. The highest BCUT2D eigenvalue weighted by Gasteiger charge is 2.26. The topological polar surface area (TPSA) is 50.2 Å². The molecule has 1 unspecified atom stereocenters. The van der Waals surface area contributed by atoms with Crippen molar-refractivity contribution in [1.29, 1.82) is 0 Å². The van der Waals surface area contributed by atoms with Crippen LogP contribution in [0.1, 0.15) is 42.2 Å². The summed E-state index contributed by atoms with van der Waals surface area (Å²) >= 11 is 0. The second-order valence-electron chi connectivity index (χ2n) is 6.89. The van der Waals surface area contributed by atoms with Gasteiger partial charge in [0.05, 0.1) is 6.04 Å². The van der Waals surface area contributed by atoms with Gasteiger partial charge in [0.25, 0.3) is 5.91 Å². The van der Waals surface area contributed by atoms with Crippen LogP contribution in [0.2, 0.25) is 0 Å². The zero-order valence-corrected chi connectivity index (χ0v) is 13.9. The lowest BCUT2D eigenvalue weighted by molar-refractivity contribution is 0.0930.